The molecule has 1 aromatic heterocycles. The maximum Gasteiger partial charge on any atom is 0.416 e. The summed E-state index contributed by atoms with van der Waals surface area (Å²) < 4.78 is 44.5. The number of ether oxygens (including phenoxy) is 1. The van der Waals surface area contributed by atoms with Gasteiger partial charge in [-0.15, -0.1) is 0 Å². The lowest BCUT2D eigenvalue weighted by Crippen LogP contribution is -2.41. The standard InChI is InChI=1S/C22H22F3N3O3/c23-22(24,25)16-3-1-2-15(12-16)21(30)28-10-8-18(9-11-28)31-19-7-6-17(13-26-19)27-20(29)14-4-5-14/h1-3,6-7,12-14,18H,4-5,8-11H2,(H,27,29). The Hall–Kier alpha value is -3.10. The first-order chi connectivity index (χ1) is 14.8. The van der Waals surface area contributed by atoms with Crippen LogP contribution in [-0.2, 0) is 11.0 Å². The number of nitrogens with zero attached hydrogens (tertiary/aromatic N) is 2. The molecule has 164 valence electrons. The van der Waals surface area contributed by atoms with Gasteiger partial charge in [0.2, 0.25) is 11.8 Å². The number of likely N-dealkylation sites (tertiary alicyclic amines) is 1. The molecule has 2 aliphatic rings. The number of nitrogens with one attached hydrogen (secondary N) is 1. The SMILES string of the molecule is O=C(Nc1ccc(OC2CCN(C(=O)c3cccc(C(F)(F)F)c3)CC2)nc1)C1CC1. The van der Waals surface area contributed by atoms with Gasteiger partial charge in [0.05, 0.1) is 17.4 Å². The molecule has 1 saturated carbocycles. The van der Waals surface area contributed by atoms with Crippen LogP contribution in [0.3, 0.4) is 0 Å². The molecule has 0 bridgehead atoms. The third kappa shape index (κ3) is 5.34. The summed E-state index contributed by atoms with van der Waals surface area (Å²) in [6.45, 7) is 0.768. The second kappa shape index (κ2) is 8.56. The van der Waals surface area contributed by atoms with E-state index in [2.05, 4.69) is 10.3 Å². The van der Waals surface area contributed by atoms with Crippen molar-refractivity contribution in [1.29, 1.82) is 0 Å². The van der Waals surface area contributed by atoms with Crippen molar-refractivity contribution < 1.29 is 27.5 Å². The topological polar surface area (TPSA) is 71.5 Å². The van der Waals surface area contributed by atoms with Crippen LogP contribution < -0.4 is 10.1 Å². The first-order valence-electron chi connectivity index (χ1n) is 10.2. The van der Waals surface area contributed by atoms with Gasteiger partial charge in [-0.05, 0) is 37.1 Å². The van der Waals surface area contributed by atoms with Crippen LogP contribution in [0.15, 0.2) is 42.6 Å². The summed E-state index contributed by atoms with van der Waals surface area (Å²) in [6.07, 6.45) is -0.142. The van der Waals surface area contributed by atoms with E-state index in [-0.39, 0.29) is 23.5 Å². The van der Waals surface area contributed by atoms with Gasteiger partial charge in [-0.25, -0.2) is 4.98 Å². The van der Waals surface area contributed by atoms with Gasteiger partial charge in [-0.3, -0.25) is 9.59 Å². The lowest BCUT2D eigenvalue weighted by atomic mass is 10.0. The summed E-state index contributed by atoms with van der Waals surface area (Å²) in [5, 5.41) is 2.81. The molecule has 0 spiro atoms. The van der Waals surface area contributed by atoms with E-state index in [1.165, 1.54) is 12.1 Å². The van der Waals surface area contributed by atoms with Crippen LogP contribution in [0, 0.1) is 5.92 Å². The normalized spacial score (nSPS) is 17.3. The third-order valence-electron chi connectivity index (χ3n) is 5.41. The fourth-order valence-electron chi connectivity index (χ4n) is 3.47. The van der Waals surface area contributed by atoms with Crippen molar-refractivity contribution >= 4 is 17.5 Å². The largest absolute Gasteiger partial charge is 0.474 e. The number of benzene rings is 1. The molecular weight excluding hydrogens is 411 g/mol. The van der Waals surface area contributed by atoms with Crippen LogP contribution >= 0.6 is 0 Å². The Morgan fingerprint density at radius 1 is 1.06 bits per heavy atom. The van der Waals surface area contributed by atoms with Gasteiger partial charge in [0.25, 0.3) is 5.91 Å². The molecule has 9 heteroatoms. The number of carbonyl (C=O) groups is 2. The minimum absolute atomic E-state index is 0.00766. The number of piperidine rings is 1. The maximum absolute atomic E-state index is 12.9. The number of pyridine rings is 1. The second-order valence-corrected chi connectivity index (χ2v) is 7.84. The van der Waals surface area contributed by atoms with Gasteiger partial charge < -0.3 is 15.0 Å². The molecule has 1 aliphatic heterocycles. The Bertz CT molecular complexity index is 950. The Balaban J connectivity index is 1.28. The van der Waals surface area contributed by atoms with E-state index < -0.39 is 17.6 Å². The summed E-state index contributed by atoms with van der Waals surface area (Å²) in [4.78, 5) is 30.1. The van der Waals surface area contributed by atoms with E-state index in [0.717, 1.165) is 25.0 Å². The van der Waals surface area contributed by atoms with Crippen molar-refractivity contribution in [1.82, 2.24) is 9.88 Å². The Labute approximate surface area is 177 Å². The monoisotopic (exact) mass is 433 g/mol. The second-order valence-electron chi connectivity index (χ2n) is 7.84. The molecule has 2 aromatic rings. The highest BCUT2D eigenvalue weighted by Crippen LogP contribution is 2.31. The summed E-state index contributed by atoms with van der Waals surface area (Å²) in [5.41, 5.74) is -0.190. The van der Waals surface area contributed by atoms with Crippen LogP contribution in [0.1, 0.15) is 41.6 Å². The number of hydrogen-bond acceptors (Lipinski definition) is 4. The van der Waals surface area contributed by atoms with E-state index in [1.54, 1.807) is 23.2 Å². The number of halogens is 3. The highest BCUT2D eigenvalue weighted by molar-refractivity contribution is 5.94. The third-order valence-corrected chi connectivity index (χ3v) is 5.41. The van der Waals surface area contributed by atoms with Crippen molar-refractivity contribution in [2.24, 2.45) is 5.92 Å². The molecule has 0 unspecified atom stereocenters. The first-order valence-corrected chi connectivity index (χ1v) is 10.2. The number of anilines is 1. The summed E-state index contributed by atoms with van der Waals surface area (Å²) >= 11 is 0. The average molecular weight is 433 g/mol. The first kappa shape index (κ1) is 21.1. The molecule has 1 aromatic carbocycles. The fraction of sp³-hybridized carbons (Fsp3) is 0.409. The fourth-order valence-corrected chi connectivity index (χ4v) is 3.47. The van der Waals surface area contributed by atoms with E-state index in [4.69, 9.17) is 4.74 Å². The number of amides is 2. The molecule has 0 radical (unpaired) electrons. The number of aromatic nitrogens is 1. The molecule has 1 N–H and O–H groups in total. The molecule has 1 saturated heterocycles. The average Bonchev–Trinajstić information content (AvgIpc) is 3.60. The van der Waals surface area contributed by atoms with Gasteiger partial charge in [0.15, 0.2) is 0 Å². The molecule has 0 atom stereocenters. The van der Waals surface area contributed by atoms with Crippen LogP contribution in [0.2, 0.25) is 0 Å². The molecule has 4 rings (SSSR count). The smallest absolute Gasteiger partial charge is 0.416 e. The summed E-state index contributed by atoms with van der Waals surface area (Å²) in [6, 6.07) is 7.89. The van der Waals surface area contributed by atoms with E-state index >= 15 is 0 Å². The van der Waals surface area contributed by atoms with E-state index in [0.29, 0.717) is 37.5 Å². The molecule has 6 nitrogen and oxygen atoms in total. The van der Waals surface area contributed by atoms with Gasteiger partial charge in [0, 0.05) is 43.5 Å². The number of hydrogen-bond donors (Lipinski definition) is 1. The Morgan fingerprint density at radius 3 is 2.42 bits per heavy atom. The minimum atomic E-state index is -4.49. The van der Waals surface area contributed by atoms with Crippen LogP contribution in [0.4, 0.5) is 18.9 Å². The van der Waals surface area contributed by atoms with Crippen LogP contribution in [-0.4, -0.2) is 40.9 Å². The number of alkyl halides is 3. The summed E-state index contributed by atoms with van der Waals surface area (Å²) in [5.74, 6) is 0.124. The van der Waals surface area contributed by atoms with Crippen molar-refractivity contribution in [2.45, 2.75) is 38.0 Å². The predicted octanol–water partition coefficient (Wildman–Crippen LogP) is 4.13. The van der Waals surface area contributed by atoms with Crippen molar-refractivity contribution in [3.63, 3.8) is 0 Å². The molecule has 31 heavy (non-hydrogen) atoms. The molecular formula is C22H22F3N3O3. The highest BCUT2D eigenvalue weighted by Gasteiger charge is 2.32. The lowest BCUT2D eigenvalue weighted by molar-refractivity contribution is -0.137. The zero-order valence-corrected chi connectivity index (χ0v) is 16.7. The van der Waals surface area contributed by atoms with E-state index in [9.17, 15) is 22.8 Å². The molecule has 2 amide bonds. The van der Waals surface area contributed by atoms with Crippen molar-refractivity contribution in [3.8, 4) is 5.88 Å². The molecule has 2 heterocycles. The van der Waals surface area contributed by atoms with Crippen LogP contribution in [0.5, 0.6) is 5.88 Å². The van der Waals surface area contributed by atoms with E-state index in [1.807, 2.05) is 0 Å². The molecule has 2 fully saturated rings. The maximum atomic E-state index is 12.9. The number of rotatable bonds is 5. The highest BCUT2D eigenvalue weighted by atomic mass is 19.4. The Kier molecular flexibility index (Phi) is 5.84. The minimum Gasteiger partial charge on any atom is -0.474 e. The van der Waals surface area contributed by atoms with Gasteiger partial charge in [-0.2, -0.15) is 13.2 Å². The lowest BCUT2D eigenvalue weighted by Gasteiger charge is -2.32. The quantitative estimate of drug-likeness (QED) is 0.770. The molecule has 1 aliphatic carbocycles. The van der Waals surface area contributed by atoms with Crippen molar-refractivity contribution in [3.05, 3.63) is 53.7 Å². The predicted molar refractivity (Wildman–Crippen MR) is 107 cm³/mol. The van der Waals surface area contributed by atoms with Crippen LogP contribution in [0.25, 0.3) is 0 Å². The zero-order valence-electron chi connectivity index (χ0n) is 16.7. The van der Waals surface area contributed by atoms with Gasteiger partial charge in [-0.1, -0.05) is 6.07 Å². The Morgan fingerprint density at radius 2 is 1.81 bits per heavy atom. The number of carbonyl (C=O) groups excluding carboxylic acids is 2. The van der Waals surface area contributed by atoms with Crippen molar-refractivity contribution in [2.75, 3.05) is 18.4 Å². The summed E-state index contributed by atoms with van der Waals surface area (Å²) in [7, 11) is 0. The zero-order chi connectivity index (χ0) is 22.0. The van der Waals surface area contributed by atoms with Gasteiger partial charge in [0.1, 0.15) is 6.10 Å². The van der Waals surface area contributed by atoms with Gasteiger partial charge >= 0.3 is 6.18 Å².